The predicted molar refractivity (Wildman–Crippen MR) is 86.0 cm³/mol. The Morgan fingerprint density at radius 3 is 2.71 bits per heavy atom. The molecule has 4 nitrogen and oxygen atoms in total. The molecule has 0 bridgehead atoms. The molecule has 3 rings (SSSR count). The first-order valence-electron chi connectivity index (χ1n) is 7.07. The molecule has 1 aromatic heterocycles. The Bertz CT molecular complexity index is 960. The van der Waals surface area contributed by atoms with E-state index in [0.717, 1.165) is 23.7 Å². The standard InChI is InChI=1S/C18H13F2NO3/c1-21-10-11(5-8-17(22)23)18-15(21)3-2-4-16(18)24-12-6-7-13(19)14(20)9-12/h2-10H,1H3,(H,22,23). The minimum absolute atomic E-state index is 0.151. The summed E-state index contributed by atoms with van der Waals surface area (Å²) in [5.74, 6) is -2.45. The number of hydrogen-bond acceptors (Lipinski definition) is 2. The number of hydrogen-bond donors (Lipinski definition) is 1. The number of nitrogens with zero attached hydrogens (tertiary/aromatic N) is 1. The fourth-order valence-electron chi connectivity index (χ4n) is 2.49. The smallest absolute Gasteiger partial charge is 0.328 e. The van der Waals surface area contributed by atoms with E-state index in [0.29, 0.717) is 16.7 Å². The molecular weight excluding hydrogens is 316 g/mol. The average Bonchev–Trinajstić information content (AvgIpc) is 2.86. The van der Waals surface area contributed by atoms with E-state index in [4.69, 9.17) is 9.84 Å². The summed E-state index contributed by atoms with van der Waals surface area (Å²) < 4.78 is 33.9. The SMILES string of the molecule is Cn1cc(C=CC(=O)O)c2c(Oc3ccc(F)c(F)c3)cccc21. The topological polar surface area (TPSA) is 51.5 Å². The monoisotopic (exact) mass is 329 g/mol. The van der Waals surface area contributed by atoms with Crippen LogP contribution in [0, 0.1) is 11.6 Å². The van der Waals surface area contributed by atoms with Crippen molar-refractivity contribution in [2.45, 2.75) is 0 Å². The first-order chi connectivity index (χ1) is 11.5. The summed E-state index contributed by atoms with van der Waals surface area (Å²) in [6, 6.07) is 8.58. The predicted octanol–water partition coefficient (Wildman–Crippen LogP) is 4.35. The highest BCUT2D eigenvalue weighted by atomic mass is 19.2. The molecule has 6 heteroatoms. The molecule has 0 aliphatic rings. The van der Waals surface area contributed by atoms with Crippen molar-refractivity contribution in [2.24, 2.45) is 7.05 Å². The molecular formula is C18H13F2NO3. The Morgan fingerprint density at radius 1 is 1.21 bits per heavy atom. The van der Waals surface area contributed by atoms with E-state index in [-0.39, 0.29) is 5.75 Å². The highest BCUT2D eigenvalue weighted by Gasteiger charge is 2.12. The largest absolute Gasteiger partial charge is 0.478 e. The fourth-order valence-corrected chi connectivity index (χ4v) is 2.49. The van der Waals surface area contributed by atoms with Gasteiger partial charge < -0.3 is 14.4 Å². The van der Waals surface area contributed by atoms with Gasteiger partial charge in [0.05, 0.1) is 5.52 Å². The van der Waals surface area contributed by atoms with Gasteiger partial charge in [-0.25, -0.2) is 13.6 Å². The van der Waals surface area contributed by atoms with Gasteiger partial charge in [0.25, 0.3) is 0 Å². The van der Waals surface area contributed by atoms with E-state index < -0.39 is 17.6 Å². The number of carboxylic acids is 1. The lowest BCUT2D eigenvalue weighted by Crippen LogP contribution is -1.90. The third-order valence-corrected chi connectivity index (χ3v) is 3.53. The maximum atomic E-state index is 13.4. The maximum Gasteiger partial charge on any atom is 0.328 e. The van der Waals surface area contributed by atoms with Crippen LogP contribution in [-0.2, 0) is 11.8 Å². The first kappa shape index (κ1) is 15.7. The van der Waals surface area contributed by atoms with Gasteiger partial charge >= 0.3 is 5.97 Å². The van der Waals surface area contributed by atoms with Gasteiger partial charge in [-0.2, -0.15) is 0 Å². The van der Waals surface area contributed by atoms with Gasteiger partial charge in [-0.3, -0.25) is 0 Å². The quantitative estimate of drug-likeness (QED) is 0.724. The van der Waals surface area contributed by atoms with Crippen molar-refractivity contribution in [3.05, 3.63) is 65.9 Å². The number of carboxylic acid groups (broad SMARTS) is 1. The Hall–Kier alpha value is -3.15. The molecule has 0 spiro atoms. The molecule has 0 atom stereocenters. The first-order valence-corrected chi connectivity index (χ1v) is 7.07. The van der Waals surface area contributed by atoms with Crippen molar-refractivity contribution >= 4 is 22.9 Å². The molecule has 0 amide bonds. The molecule has 122 valence electrons. The van der Waals surface area contributed by atoms with Crippen LogP contribution in [0.15, 0.2) is 48.7 Å². The molecule has 0 radical (unpaired) electrons. The zero-order chi connectivity index (χ0) is 17.3. The molecule has 1 heterocycles. The zero-order valence-corrected chi connectivity index (χ0v) is 12.7. The Kier molecular flexibility index (Phi) is 4.04. The van der Waals surface area contributed by atoms with Gasteiger partial charge in [0.15, 0.2) is 11.6 Å². The number of aliphatic carboxylic acids is 1. The minimum Gasteiger partial charge on any atom is -0.478 e. The summed E-state index contributed by atoms with van der Waals surface area (Å²) in [6.07, 6.45) is 4.26. The van der Waals surface area contributed by atoms with Crippen molar-refractivity contribution in [1.29, 1.82) is 0 Å². The van der Waals surface area contributed by atoms with Crippen LogP contribution in [-0.4, -0.2) is 15.6 Å². The summed E-state index contributed by atoms with van der Waals surface area (Å²) in [5, 5.41) is 9.50. The van der Waals surface area contributed by atoms with Crippen LogP contribution in [0.4, 0.5) is 8.78 Å². The molecule has 0 unspecified atom stereocenters. The molecule has 0 saturated heterocycles. The molecule has 2 aromatic carbocycles. The van der Waals surface area contributed by atoms with Crippen molar-refractivity contribution < 1.29 is 23.4 Å². The number of fused-ring (bicyclic) bond motifs is 1. The summed E-state index contributed by atoms with van der Waals surface area (Å²) in [7, 11) is 1.82. The van der Waals surface area contributed by atoms with Gasteiger partial charge in [-0.15, -0.1) is 0 Å². The zero-order valence-electron chi connectivity index (χ0n) is 12.7. The summed E-state index contributed by atoms with van der Waals surface area (Å²) in [4.78, 5) is 10.8. The Labute approximate surface area is 136 Å². The second-order valence-electron chi connectivity index (χ2n) is 5.20. The van der Waals surface area contributed by atoms with E-state index in [2.05, 4.69) is 0 Å². The molecule has 24 heavy (non-hydrogen) atoms. The normalized spacial score (nSPS) is 11.3. The summed E-state index contributed by atoms with van der Waals surface area (Å²) in [5.41, 5.74) is 1.47. The van der Waals surface area contributed by atoms with Gasteiger partial charge in [-0.05, 0) is 30.3 Å². The lowest BCUT2D eigenvalue weighted by molar-refractivity contribution is -0.131. The van der Waals surface area contributed by atoms with E-state index in [1.54, 1.807) is 18.3 Å². The number of aryl methyl sites for hydroxylation is 1. The van der Waals surface area contributed by atoms with Crippen LogP contribution in [0.5, 0.6) is 11.5 Å². The molecule has 1 N–H and O–H groups in total. The third-order valence-electron chi connectivity index (χ3n) is 3.53. The van der Waals surface area contributed by atoms with Crippen molar-refractivity contribution in [1.82, 2.24) is 4.57 Å². The lowest BCUT2D eigenvalue weighted by atomic mass is 10.1. The molecule has 0 aliphatic carbocycles. The Morgan fingerprint density at radius 2 is 2.00 bits per heavy atom. The summed E-state index contributed by atoms with van der Waals surface area (Å²) >= 11 is 0. The van der Waals surface area contributed by atoms with E-state index >= 15 is 0 Å². The van der Waals surface area contributed by atoms with Crippen LogP contribution < -0.4 is 4.74 Å². The van der Waals surface area contributed by atoms with Crippen LogP contribution in [0.1, 0.15) is 5.56 Å². The number of carbonyl (C=O) groups is 1. The summed E-state index contributed by atoms with van der Waals surface area (Å²) in [6.45, 7) is 0. The van der Waals surface area contributed by atoms with Crippen molar-refractivity contribution in [2.75, 3.05) is 0 Å². The third kappa shape index (κ3) is 2.99. The second kappa shape index (κ2) is 6.16. The lowest BCUT2D eigenvalue weighted by Gasteiger charge is -2.08. The van der Waals surface area contributed by atoms with Crippen LogP contribution in [0.3, 0.4) is 0 Å². The molecule has 3 aromatic rings. The number of halogens is 2. The van der Waals surface area contributed by atoms with Gasteiger partial charge in [0.2, 0.25) is 0 Å². The minimum atomic E-state index is -1.06. The fraction of sp³-hybridized carbons (Fsp3) is 0.0556. The van der Waals surface area contributed by atoms with Gasteiger partial charge in [0.1, 0.15) is 11.5 Å². The maximum absolute atomic E-state index is 13.4. The van der Waals surface area contributed by atoms with Crippen molar-refractivity contribution in [3.63, 3.8) is 0 Å². The highest BCUT2D eigenvalue weighted by Crippen LogP contribution is 2.34. The van der Waals surface area contributed by atoms with E-state index in [1.807, 2.05) is 17.7 Å². The molecule has 0 saturated carbocycles. The number of aromatic nitrogens is 1. The van der Waals surface area contributed by atoms with Crippen molar-refractivity contribution in [3.8, 4) is 11.5 Å². The number of benzene rings is 2. The van der Waals surface area contributed by atoms with Crippen LogP contribution in [0.25, 0.3) is 17.0 Å². The average molecular weight is 329 g/mol. The molecule has 0 fully saturated rings. The van der Waals surface area contributed by atoms with E-state index in [1.165, 1.54) is 12.1 Å². The van der Waals surface area contributed by atoms with E-state index in [9.17, 15) is 13.6 Å². The van der Waals surface area contributed by atoms with Crippen LogP contribution >= 0.6 is 0 Å². The Balaban J connectivity index is 2.10. The second-order valence-corrected chi connectivity index (χ2v) is 5.20. The van der Waals surface area contributed by atoms with Crippen LogP contribution in [0.2, 0.25) is 0 Å². The highest BCUT2D eigenvalue weighted by molar-refractivity contribution is 5.97. The van der Waals surface area contributed by atoms with Gasteiger partial charge in [0, 0.05) is 36.3 Å². The van der Waals surface area contributed by atoms with Gasteiger partial charge in [-0.1, -0.05) is 6.07 Å². The number of ether oxygens (including phenoxy) is 1. The molecule has 0 aliphatic heterocycles. The number of rotatable bonds is 4.